The summed E-state index contributed by atoms with van der Waals surface area (Å²) in [6.07, 6.45) is 7.18. The van der Waals surface area contributed by atoms with Gasteiger partial charge in [-0.05, 0) is 38.3 Å². The summed E-state index contributed by atoms with van der Waals surface area (Å²) in [4.78, 5) is 33.4. The lowest BCUT2D eigenvalue weighted by Crippen LogP contribution is -2.40. The lowest BCUT2D eigenvalue weighted by Gasteiger charge is -2.30. The van der Waals surface area contributed by atoms with Gasteiger partial charge in [0.1, 0.15) is 5.69 Å². The molecule has 0 radical (unpaired) electrons. The molecule has 14 heteroatoms. The van der Waals surface area contributed by atoms with Gasteiger partial charge in [-0.2, -0.15) is 0 Å². The van der Waals surface area contributed by atoms with E-state index >= 15 is 0 Å². The van der Waals surface area contributed by atoms with Gasteiger partial charge >= 0.3 is 0 Å². The first-order valence-corrected chi connectivity index (χ1v) is 15.3. The number of anilines is 1. The van der Waals surface area contributed by atoms with Gasteiger partial charge in [0.2, 0.25) is 15.9 Å². The van der Waals surface area contributed by atoms with Crippen molar-refractivity contribution in [3.63, 3.8) is 0 Å². The third kappa shape index (κ3) is 5.46. The van der Waals surface area contributed by atoms with Gasteiger partial charge in [0.05, 0.1) is 64.8 Å². The second-order valence-corrected chi connectivity index (χ2v) is 12.9. The molecule has 0 unspecified atom stereocenters. The lowest BCUT2D eigenvalue weighted by atomic mass is 9.97. The summed E-state index contributed by atoms with van der Waals surface area (Å²) in [5.41, 5.74) is 7.80. The predicted octanol–water partition coefficient (Wildman–Crippen LogP) is 2.00. The van der Waals surface area contributed by atoms with Gasteiger partial charge in [-0.1, -0.05) is 0 Å². The molecule has 206 valence electrons. The second kappa shape index (κ2) is 10.4. The molecule has 2 aliphatic heterocycles. The van der Waals surface area contributed by atoms with E-state index in [1.807, 2.05) is 6.92 Å². The molecule has 1 aliphatic carbocycles. The number of morpholine rings is 1. The number of primary amides is 1. The van der Waals surface area contributed by atoms with Gasteiger partial charge < -0.3 is 15.2 Å². The molecular formula is C25H29N7O5S2. The molecule has 2 bridgehead atoms. The van der Waals surface area contributed by atoms with Gasteiger partial charge in [-0.25, -0.2) is 18.4 Å². The average molecular weight is 572 g/mol. The fourth-order valence-electron chi connectivity index (χ4n) is 5.12. The summed E-state index contributed by atoms with van der Waals surface area (Å²) >= 11 is 1.14. The molecule has 1 amide bonds. The van der Waals surface area contributed by atoms with Crippen molar-refractivity contribution in [2.24, 2.45) is 5.73 Å². The fourth-order valence-corrected chi connectivity index (χ4v) is 7.43. The first-order valence-electron chi connectivity index (χ1n) is 12.9. The minimum atomic E-state index is -3.46. The van der Waals surface area contributed by atoms with Crippen molar-refractivity contribution < 1.29 is 22.7 Å². The van der Waals surface area contributed by atoms with Crippen LogP contribution in [0.4, 0.5) is 5.69 Å². The number of amides is 1. The topological polar surface area (TPSA) is 163 Å². The third-order valence-electron chi connectivity index (χ3n) is 7.12. The average Bonchev–Trinajstić information content (AvgIpc) is 3.36. The fraction of sp³-hybridized carbons (Fsp3) is 0.480. The minimum Gasteiger partial charge on any atom is -0.477 e. The minimum absolute atomic E-state index is 0.144. The van der Waals surface area contributed by atoms with Gasteiger partial charge in [-0.15, -0.1) is 11.3 Å². The first-order chi connectivity index (χ1) is 18.8. The number of nitrogens with zero attached hydrogens (tertiary/aromatic N) is 5. The van der Waals surface area contributed by atoms with Crippen LogP contribution in [0.2, 0.25) is 0 Å². The maximum atomic E-state index is 12.6. The predicted molar refractivity (Wildman–Crippen MR) is 144 cm³/mol. The molecule has 5 heterocycles. The number of ether oxygens (including phenoxy) is 2. The van der Waals surface area contributed by atoms with Crippen LogP contribution in [0.15, 0.2) is 30.7 Å². The summed E-state index contributed by atoms with van der Waals surface area (Å²) in [6.45, 7) is 4.26. The SMILES string of the molecule is CCOc1cncc(-c2sc(C(N)=O)nc2[C@@H](CN2C[C@H]3C[C@@H]2CO3)c2cc(NS(=O)(=O)C3CC3)ccn2)n1. The standard InChI is InChI=1S/C25H29N7O5S2/c1-2-36-21-10-27-9-20(29-21)23-22(30-25(38-23)24(26)33)18(12-32-11-16-8-15(32)13-37-16)19-7-14(5-6-28-19)31-39(34,35)17-3-4-17/h5-7,9-10,15-18H,2-4,8,11-13H2,1H3,(H2,26,33)(H,28,31)/t15-,16-,18+/m1/s1. The summed E-state index contributed by atoms with van der Waals surface area (Å²) in [7, 11) is -3.46. The smallest absolute Gasteiger partial charge is 0.277 e. The molecule has 1 saturated carbocycles. The molecule has 0 aromatic carbocycles. The van der Waals surface area contributed by atoms with Crippen LogP contribution >= 0.6 is 11.3 Å². The Hall–Kier alpha value is -3.20. The quantitative estimate of drug-likeness (QED) is 0.348. The highest BCUT2D eigenvalue weighted by Gasteiger charge is 2.41. The van der Waals surface area contributed by atoms with Gasteiger partial charge in [0, 0.05) is 25.3 Å². The molecule has 3 atom stereocenters. The van der Waals surface area contributed by atoms with Crippen LogP contribution in [-0.2, 0) is 14.8 Å². The molecular weight excluding hydrogens is 542 g/mol. The van der Waals surface area contributed by atoms with Crippen LogP contribution in [0.3, 0.4) is 0 Å². The highest BCUT2D eigenvalue weighted by molar-refractivity contribution is 7.93. The van der Waals surface area contributed by atoms with Crippen LogP contribution in [0.25, 0.3) is 10.6 Å². The maximum absolute atomic E-state index is 12.6. The van der Waals surface area contributed by atoms with Crippen molar-refractivity contribution >= 4 is 33.0 Å². The third-order valence-corrected chi connectivity index (χ3v) is 10.1. The zero-order valence-corrected chi connectivity index (χ0v) is 23.0. The van der Waals surface area contributed by atoms with Crippen molar-refractivity contribution in [2.45, 2.75) is 49.5 Å². The Morgan fingerprint density at radius 3 is 2.87 bits per heavy atom. The van der Waals surface area contributed by atoms with Gasteiger partial charge in [0.25, 0.3) is 5.91 Å². The van der Waals surface area contributed by atoms with E-state index in [9.17, 15) is 13.2 Å². The monoisotopic (exact) mass is 571 g/mol. The molecule has 3 aromatic rings. The second-order valence-electron chi connectivity index (χ2n) is 9.94. The Morgan fingerprint density at radius 1 is 1.33 bits per heavy atom. The zero-order chi connectivity index (χ0) is 27.1. The lowest BCUT2D eigenvalue weighted by molar-refractivity contribution is 0.0292. The van der Waals surface area contributed by atoms with Crippen molar-refractivity contribution in [3.8, 4) is 16.5 Å². The number of hydrogen-bond acceptors (Lipinski definition) is 11. The number of fused-ring (bicyclic) bond motifs is 2. The van der Waals surface area contributed by atoms with Crippen LogP contribution in [0.1, 0.15) is 53.3 Å². The Balaban J connectivity index is 1.43. The number of rotatable bonds is 11. The molecule has 12 nitrogen and oxygen atoms in total. The van der Waals surface area contributed by atoms with Crippen molar-refractivity contribution in [2.75, 3.05) is 31.0 Å². The summed E-state index contributed by atoms with van der Waals surface area (Å²) in [5, 5.41) is -0.213. The van der Waals surface area contributed by atoms with E-state index in [2.05, 4.69) is 29.6 Å². The Kier molecular flexibility index (Phi) is 6.95. The molecule has 3 N–H and O–H groups in total. The van der Waals surface area contributed by atoms with E-state index in [1.54, 1.807) is 24.5 Å². The van der Waals surface area contributed by atoms with Gasteiger partial charge in [-0.3, -0.25) is 24.4 Å². The Bertz CT molecular complexity index is 1490. The number of likely N-dealkylation sites (tertiary alicyclic amines) is 1. The maximum Gasteiger partial charge on any atom is 0.277 e. The van der Waals surface area contributed by atoms with Crippen molar-refractivity contribution in [1.82, 2.24) is 24.8 Å². The number of nitrogens with two attached hydrogens (primary N) is 1. The van der Waals surface area contributed by atoms with Crippen LogP contribution in [0.5, 0.6) is 5.88 Å². The number of thiazole rings is 1. The first kappa shape index (κ1) is 26.0. The van der Waals surface area contributed by atoms with E-state index < -0.39 is 21.8 Å². The highest BCUT2D eigenvalue weighted by atomic mass is 32.2. The van der Waals surface area contributed by atoms with E-state index in [0.717, 1.165) is 24.3 Å². The molecule has 3 aromatic heterocycles. The van der Waals surface area contributed by atoms with Gasteiger partial charge in [0.15, 0.2) is 5.01 Å². The number of nitrogens with one attached hydrogen (secondary N) is 1. The number of sulfonamides is 1. The number of aromatic nitrogens is 4. The van der Waals surface area contributed by atoms with E-state index in [0.29, 0.717) is 66.1 Å². The molecule has 3 fully saturated rings. The number of pyridine rings is 1. The molecule has 0 spiro atoms. The van der Waals surface area contributed by atoms with E-state index in [4.69, 9.17) is 15.2 Å². The van der Waals surface area contributed by atoms with Crippen LogP contribution in [0, 0.1) is 0 Å². The van der Waals surface area contributed by atoms with E-state index in [-0.39, 0.29) is 22.4 Å². The Morgan fingerprint density at radius 2 is 2.18 bits per heavy atom. The molecule has 3 aliphatic rings. The summed E-state index contributed by atoms with van der Waals surface area (Å²) in [6, 6.07) is 3.65. The summed E-state index contributed by atoms with van der Waals surface area (Å²) in [5.74, 6) is -0.700. The largest absolute Gasteiger partial charge is 0.477 e. The molecule has 39 heavy (non-hydrogen) atoms. The number of carbonyl (C=O) groups excluding carboxylic acids is 1. The van der Waals surface area contributed by atoms with Crippen LogP contribution < -0.4 is 15.2 Å². The zero-order valence-electron chi connectivity index (χ0n) is 21.3. The van der Waals surface area contributed by atoms with Crippen LogP contribution in [-0.4, -0.2) is 82.9 Å². The van der Waals surface area contributed by atoms with Crippen molar-refractivity contribution in [3.05, 3.63) is 47.1 Å². The Labute approximate surface area is 230 Å². The normalized spacial score (nSPS) is 21.7. The number of hydrogen-bond donors (Lipinski definition) is 2. The highest BCUT2D eigenvalue weighted by Crippen LogP contribution is 2.39. The molecule has 6 rings (SSSR count). The summed E-state index contributed by atoms with van der Waals surface area (Å²) < 4.78 is 39.3. The molecule has 2 saturated heterocycles. The van der Waals surface area contributed by atoms with Crippen molar-refractivity contribution in [1.29, 1.82) is 0 Å². The van der Waals surface area contributed by atoms with E-state index in [1.165, 1.54) is 6.20 Å². The number of carbonyl (C=O) groups is 1.